The smallest absolute Gasteiger partial charge is 0.238 e. The molecule has 0 saturated heterocycles. The van der Waals surface area contributed by atoms with E-state index < -0.39 is 0 Å². The van der Waals surface area contributed by atoms with E-state index in [1.807, 2.05) is 18.2 Å². The van der Waals surface area contributed by atoms with Crippen LogP contribution in [0.5, 0.6) is 0 Å². The van der Waals surface area contributed by atoms with Crippen LogP contribution in [0.3, 0.4) is 0 Å². The second-order valence-electron chi connectivity index (χ2n) is 13.2. The van der Waals surface area contributed by atoms with Crippen molar-refractivity contribution >= 4 is 92.6 Å². The number of hydrogen-bond acceptors (Lipinski definition) is 4. The maximum Gasteiger partial charge on any atom is 0.238 e. The van der Waals surface area contributed by atoms with E-state index in [1.54, 1.807) is 0 Å². The van der Waals surface area contributed by atoms with Gasteiger partial charge in [-0.15, -0.1) is 0 Å². The standard InChI is InChI=1S/C43H21N5O/c1-2-8-23(9-3-1)41-44-42(25-14-13-22-7-4-5-10-24(22)21-25)46-43(45-41)47-30-18-20-32-36-34(30)35-31(47)17-15-28-26-11-6-12-27-29-16-19-33(49-32)37(36)40(29)48(38(26)27)39(28)35/h1-21H. The third-order valence-electron chi connectivity index (χ3n) is 10.8. The minimum Gasteiger partial charge on any atom is -0.456 e. The number of furan rings is 1. The highest BCUT2D eigenvalue weighted by atomic mass is 16.3. The molecule has 0 N–H and O–H groups in total. The molecule has 0 unspecified atom stereocenters. The molecule has 0 aliphatic heterocycles. The van der Waals surface area contributed by atoms with Gasteiger partial charge in [0, 0.05) is 48.8 Å². The zero-order chi connectivity index (χ0) is 31.5. The monoisotopic (exact) mass is 623 g/mol. The highest BCUT2D eigenvalue weighted by Gasteiger charge is 2.30. The fourth-order valence-electron chi connectivity index (χ4n) is 8.81. The third-order valence-corrected chi connectivity index (χ3v) is 10.8. The van der Waals surface area contributed by atoms with Crippen LogP contribution < -0.4 is 0 Å². The van der Waals surface area contributed by atoms with Crippen LogP contribution in [0.2, 0.25) is 0 Å². The first-order valence-corrected chi connectivity index (χ1v) is 16.5. The van der Waals surface area contributed by atoms with Gasteiger partial charge in [0.15, 0.2) is 11.6 Å². The zero-order valence-corrected chi connectivity index (χ0v) is 25.8. The predicted octanol–water partition coefficient (Wildman–Crippen LogP) is 10.8. The van der Waals surface area contributed by atoms with E-state index in [0.717, 1.165) is 44.1 Å². The van der Waals surface area contributed by atoms with Crippen molar-refractivity contribution in [3.8, 4) is 28.7 Å². The molecule has 224 valence electrons. The van der Waals surface area contributed by atoms with Gasteiger partial charge in [0.1, 0.15) is 11.2 Å². The average Bonchev–Trinajstić information content (AvgIpc) is 3.87. The summed E-state index contributed by atoms with van der Waals surface area (Å²) >= 11 is 0. The fourth-order valence-corrected chi connectivity index (χ4v) is 8.81. The second kappa shape index (κ2) is 8.19. The van der Waals surface area contributed by atoms with Crippen LogP contribution in [0.4, 0.5) is 0 Å². The predicted molar refractivity (Wildman–Crippen MR) is 198 cm³/mol. The molecular formula is C43H21N5O. The summed E-state index contributed by atoms with van der Waals surface area (Å²) in [4.78, 5) is 15.6. The highest BCUT2D eigenvalue weighted by molar-refractivity contribution is 6.41. The summed E-state index contributed by atoms with van der Waals surface area (Å²) in [7, 11) is 0. The molecular weight excluding hydrogens is 603 g/mol. The Bertz CT molecular complexity index is 3440. The first-order valence-electron chi connectivity index (χ1n) is 16.5. The Morgan fingerprint density at radius 1 is 0.429 bits per heavy atom. The normalized spacial score (nSPS) is 12.9. The molecule has 0 saturated carbocycles. The Labute approximate surface area is 276 Å². The van der Waals surface area contributed by atoms with Crippen LogP contribution in [0.1, 0.15) is 0 Å². The average molecular weight is 624 g/mol. The number of aromatic nitrogens is 5. The number of para-hydroxylation sites is 1. The van der Waals surface area contributed by atoms with E-state index in [2.05, 4.69) is 118 Å². The molecule has 0 atom stereocenters. The lowest BCUT2D eigenvalue weighted by molar-refractivity contribution is 0.669. The Morgan fingerprint density at radius 3 is 1.94 bits per heavy atom. The Hall–Kier alpha value is -6.79. The highest BCUT2D eigenvalue weighted by Crippen LogP contribution is 2.51. The first-order chi connectivity index (χ1) is 24.3. The quantitative estimate of drug-likeness (QED) is 0.196. The van der Waals surface area contributed by atoms with Crippen LogP contribution in [-0.4, -0.2) is 23.9 Å². The summed E-state index contributed by atoms with van der Waals surface area (Å²) < 4.78 is 11.3. The van der Waals surface area contributed by atoms with Gasteiger partial charge in [-0.25, -0.2) is 4.98 Å². The van der Waals surface area contributed by atoms with Crippen molar-refractivity contribution in [1.82, 2.24) is 23.9 Å². The maximum atomic E-state index is 6.59. The van der Waals surface area contributed by atoms with E-state index in [4.69, 9.17) is 19.4 Å². The second-order valence-corrected chi connectivity index (χ2v) is 13.2. The molecule has 6 nitrogen and oxygen atoms in total. The minimum absolute atomic E-state index is 0.586. The summed E-state index contributed by atoms with van der Waals surface area (Å²) in [6, 6.07) is 44.9. The lowest BCUT2D eigenvalue weighted by atomic mass is 10.0. The first kappa shape index (κ1) is 24.4. The molecule has 6 aromatic heterocycles. The lowest BCUT2D eigenvalue weighted by Crippen LogP contribution is -2.06. The molecule has 0 radical (unpaired) electrons. The molecule has 0 spiro atoms. The summed E-state index contributed by atoms with van der Waals surface area (Å²) in [5, 5.41) is 12.1. The SMILES string of the molecule is c1ccc(-c2nc(-c3ccc4ccccc4c3)nc(-n3c4ccc5oc6ccc7c8cccc9c%10ccc3c3c4c5c6c7n(c89)c%103)n2)cc1. The fraction of sp³-hybridized carbons (Fsp3) is 0. The van der Waals surface area contributed by atoms with E-state index in [9.17, 15) is 0 Å². The molecule has 13 aromatic rings. The van der Waals surface area contributed by atoms with Crippen molar-refractivity contribution in [2.45, 2.75) is 0 Å². The van der Waals surface area contributed by atoms with Gasteiger partial charge in [-0.05, 0) is 47.2 Å². The molecule has 0 amide bonds. The van der Waals surface area contributed by atoms with Gasteiger partial charge in [0.25, 0.3) is 0 Å². The van der Waals surface area contributed by atoms with Gasteiger partial charge in [-0.3, -0.25) is 4.57 Å². The maximum absolute atomic E-state index is 6.59. The van der Waals surface area contributed by atoms with Crippen LogP contribution >= 0.6 is 0 Å². The molecule has 6 heterocycles. The van der Waals surface area contributed by atoms with Crippen molar-refractivity contribution in [1.29, 1.82) is 0 Å². The molecule has 0 aliphatic rings. The summed E-state index contributed by atoms with van der Waals surface area (Å²) in [6.07, 6.45) is 0. The number of rotatable bonds is 3. The van der Waals surface area contributed by atoms with Crippen molar-refractivity contribution < 1.29 is 4.42 Å². The van der Waals surface area contributed by atoms with E-state index >= 15 is 0 Å². The van der Waals surface area contributed by atoms with E-state index in [1.165, 1.54) is 59.6 Å². The van der Waals surface area contributed by atoms with Gasteiger partial charge in [0.2, 0.25) is 5.95 Å². The van der Waals surface area contributed by atoms with Crippen molar-refractivity contribution in [2.24, 2.45) is 0 Å². The number of fused-ring (bicyclic) bond motifs is 3. The van der Waals surface area contributed by atoms with Crippen molar-refractivity contribution in [2.75, 3.05) is 0 Å². The van der Waals surface area contributed by atoms with Gasteiger partial charge in [-0.1, -0.05) is 91.0 Å². The van der Waals surface area contributed by atoms with Gasteiger partial charge in [-0.2, -0.15) is 9.97 Å². The van der Waals surface area contributed by atoms with Crippen LogP contribution in [0.15, 0.2) is 132 Å². The lowest BCUT2D eigenvalue weighted by Gasteiger charge is -2.11. The largest absolute Gasteiger partial charge is 0.456 e. The topological polar surface area (TPSA) is 61.2 Å². The summed E-state index contributed by atoms with van der Waals surface area (Å²) in [5.74, 6) is 1.86. The van der Waals surface area contributed by atoms with Crippen LogP contribution in [-0.2, 0) is 0 Å². The zero-order valence-electron chi connectivity index (χ0n) is 25.8. The Morgan fingerprint density at radius 2 is 1.08 bits per heavy atom. The third kappa shape index (κ3) is 2.81. The van der Waals surface area contributed by atoms with Crippen molar-refractivity contribution in [3.63, 3.8) is 0 Å². The molecule has 6 heteroatoms. The Balaban J connectivity index is 1.22. The van der Waals surface area contributed by atoms with E-state index in [-0.39, 0.29) is 0 Å². The molecule has 7 aromatic carbocycles. The number of benzene rings is 7. The molecule has 49 heavy (non-hydrogen) atoms. The minimum atomic E-state index is 0.586. The van der Waals surface area contributed by atoms with Gasteiger partial charge < -0.3 is 8.82 Å². The number of nitrogens with zero attached hydrogens (tertiary/aromatic N) is 5. The Kier molecular flexibility index (Phi) is 4.08. The molecule has 0 aliphatic carbocycles. The van der Waals surface area contributed by atoms with Gasteiger partial charge >= 0.3 is 0 Å². The molecule has 13 rings (SSSR count). The summed E-state index contributed by atoms with van der Waals surface area (Å²) in [5.41, 5.74) is 9.50. The summed E-state index contributed by atoms with van der Waals surface area (Å²) in [6.45, 7) is 0. The number of hydrogen-bond donors (Lipinski definition) is 0. The molecule has 0 bridgehead atoms. The molecule has 0 fully saturated rings. The van der Waals surface area contributed by atoms with Crippen LogP contribution in [0.25, 0.3) is 121 Å². The van der Waals surface area contributed by atoms with E-state index in [0.29, 0.717) is 17.6 Å². The van der Waals surface area contributed by atoms with Crippen LogP contribution in [0, 0.1) is 0 Å². The van der Waals surface area contributed by atoms with Gasteiger partial charge in [0.05, 0.1) is 33.0 Å². The van der Waals surface area contributed by atoms with Crippen molar-refractivity contribution in [3.05, 3.63) is 127 Å².